The van der Waals surface area contributed by atoms with Crippen molar-refractivity contribution in [3.05, 3.63) is 64.5 Å². The lowest BCUT2D eigenvalue weighted by molar-refractivity contribution is 0.126. The monoisotopic (exact) mass is 517 g/mol. The zero-order chi connectivity index (χ0) is 24.3. The molecule has 184 valence electrons. The van der Waals surface area contributed by atoms with Gasteiger partial charge >= 0.3 is 0 Å². The van der Waals surface area contributed by atoms with Crippen molar-refractivity contribution < 1.29 is 0 Å². The van der Waals surface area contributed by atoms with Crippen molar-refractivity contribution in [1.82, 2.24) is 24.8 Å². The predicted molar refractivity (Wildman–Crippen MR) is 141 cm³/mol. The third-order valence-electron chi connectivity index (χ3n) is 8.24. The van der Waals surface area contributed by atoms with Crippen LogP contribution in [0.3, 0.4) is 0 Å². The predicted octanol–water partition coefficient (Wildman–Crippen LogP) is 4.95. The number of nitrogens with two attached hydrogens (primary N) is 1. The second-order valence-corrected chi connectivity index (χ2v) is 12.0. The summed E-state index contributed by atoms with van der Waals surface area (Å²) in [7, 11) is 0. The Morgan fingerprint density at radius 2 is 1.94 bits per heavy atom. The van der Waals surface area contributed by atoms with E-state index in [-0.39, 0.29) is 11.5 Å². The second kappa shape index (κ2) is 8.78. The number of likely N-dealkylation sites (tertiary alicyclic amines) is 1. The summed E-state index contributed by atoms with van der Waals surface area (Å²) in [5, 5.41) is 1.59. The molecule has 1 atom stereocenters. The molecule has 1 saturated carbocycles. The molecule has 0 radical (unpaired) electrons. The third kappa shape index (κ3) is 3.99. The molecule has 0 aromatic carbocycles. The van der Waals surface area contributed by atoms with Crippen LogP contribution in [0, 0.1) is 11.3 Å². The number of pyridine rings is 2. The molecule has 1 spiro atoms. The maximum Gasteiger partial charge on any atom is 0.176 e. The molecule has 2 fully saturated rings. The van der Waals surface area contributed by atoms with E-state index in [2.05, 4.69) is 25.9 Å². The number of aliphatic imine (C=N–C) groups is 1. The normalized spacial score (nSPS) is 22.0. The average Bonchev–Trinajstić information content (AvgIpc) is 3.55. The van der Waals surface area contributed by atoms with Crippen molar-refractivity contribution in [2.45, 2.75) is 60.9 Å². The molecule has 4 aliphatic rings. The van der Waals surface area contributed by atoms with Crippen LogP contribution in [0.15, 0.2) is 51.7 Å². The molecule has 7 nitrogen and oxygen atoms in total. The first kappa shape index (κ1) is 22.6. The fourth-order valence-corrected chi connectivity index (χ4v) is 7.03. The average molecular weight is 518 g/mol. The summed E-state index contributed by atoms with van der Waals surface area (Å²) in [5.74, 6) is 2.54. The van der Waals surface area contributed by atoms with Crippen LogP contribution in [-0.4, -0.2) is 43.8 Å². The number of piperidine rings is 1. The number of halogens is 1. The first-order valence-electron chi connectivity index (χ1n) is 12.8. The van der Waals surface area contributed by atoms with E-state index >= 15 is 0 Å². The number of hydrogen-bond donors (Lipinski definition) is 1. The van der Waals surface area contributed by atoms with E-state index in [0.717, 1.165) is 82.7 Å². The van der Waals surface area contributed by atoms with Crippen molar-refractivity contribution in [1.29, 1.82) is 0 Å². The van der Waals surface area contributed by atoms with Crippen molar-refractivity contribution >= 4 is 35.0 Å². The first-order valence-corrected chi connectivity index (χ1v) is 14.0. The highest BCUT2D eigenvalue weighted by atomic mass is 35.5. The van der Waals surface area contributed by atoms with Gasteiger partial charge in [0, 0.05) is 42.1 Å². The lowest BCUT2D eigenvalue weighted by Crippen LogP contribution is -2.46. The van der Waals surface area contributed by atoms with Gasteiger partial charge in [0.15, 0.2) is 5.82 Å². The van der Waals surface area contributed by atoms with Gasteiger partial charge < -0.3 is 10.6 Å². The Balaban J connectivity index is 1.02. The number of fused-ring (bicyclic) bond motifs is 2. The first-order chi connectivity index (χ1) is 17.6. The van der Waals surface area contributed by atoms with E-state index in [9.17, 15) is 0 Å². The largest absolute Gasteiger partial charge is 0.360 e. The van der Waals surface area contributed by atoms with Gasteiger partial charge in [0.25, 0.3) is 0 Å². The van der Waals surface area contributed by atoms with Crippen molar-refractivity contribution in [2.24, 2.45) is 22.1 Å². The van der Waals surface area contributed by atoms with Crippen LogP contribution in [0.5, 0.6) is 0 Å². The molecule has 1 saturated heterocycles. The molecular formula is C27H28ClN7S. The summed E-state index contributed by atoms with van der Waals surface area (Å²) >= 11 is 8.25. The quantitative estimate of drug-likeness (QED) is 0.523. The number of aromatic nitrogens is 4. The van der Waals surface area contributed by atoms with Gasteiger partial charge in [-0.15, -0.1) is 0 Å². The van der Waals surface area contributed by atoms with Gasteiger partial charge in [-0.1, -0.05) is 29.4 Å². The van der Waals surface area contributed by atoms with Crippen LogP contribution in [-0.2, 0) is 19.3 Å². The lowest BCUT2D eigenvalue weighted by atomic mass is 9.73. The molecule has 36 heavy (non-hydrogen) atoms. The minimum atomic E-state index is 0.0683. The zero-order valence-corrected chi connectivity index (χ0v) is 21.6. The molecule has 0 bridgehead atoms. The van der Waals surface area contributed by atoms with Crippen LogP contribution in [0.4, 0.5) is 5.82 Å². The number of amidine groups is 1. The summed E-state index contributed by atoms with van der Waals surface area (Å²) in [6.07, 6.45) is 12.9. The van der Waals surface area contributed by atoms with E-state index in [0.29, 0.717) is 6.42 Å². The van der Waals surface area contributed by atoms with Crippen LogP contribution in [0.25, 0.3) is 0 Å². The van der Waals surface area contributed by atoms with Gasteiger partial charge in [0.1, 0.15) is 10.9 Å². The van der Waals surface area contributed by atoms with Gasteiger partial charge in [-0.2, -0.15) is 0 Å². The summed E-state index contributed by atoms with van der Waals surface area (Å²) in [6, 6.07) is 6.18. The number of rotatable bonds is 4. The van der Waals surface area contributed by atoms with Crippen LogP contribution in [0.1, 0.15) is 54.4 Å². The molecule has 5 heterocycles. The maximum absolute atomic E-state index is 6.73. The highest BCUT2D eigenvalue weighted by Crippen LogP contribution is 2.50. The number of nitrogens with zero attached hydrogens (tertiary/aromatic N) is 6. The molecular weight excluding hydrogens is 490 g/mol. The number of hydrogen-bond acceptors (Lipinski definition) is 8. The van der Waals surface area contributed by atoms with E-state index < -0.39 is 0 Å². The van der Waals surface area contributed by atoms with Gasteiger partial charge in [-0.25, -0.2) is 15.0 Å². The molecule has 7 rings (SSSR count). The maximum atomic E-state index is 6.73. The van der Waals surface area contributed by atoms with Crippen molar-refractivity contribution in [2.75, 3.05) is 13.1 Å². The Kier molecular flexibility index (Phi) is 5.52. The Bertz CT molecular complexity index is 1360. The fraction of sp³-hybridized carbons (Fsp3) is 0.444. The van der Waals surface area contributed by atoms with Crippen LogP contribution in [0.2, 0.25) is 5.02 Å². The Morgan fingerprint density at radius 1 is 1.08 bits per heavy atom. The van der Waals surface area contributed by atoms with Crippen molar-refractivity contribution in [3.63, 3.8) is 0 Å². The summed E-state index contributed by atoms with van der Waals surface area (Å²) in [4.78, 5) is 26.9. The highest BCUT2D eigenvalue weighted by molar-refractivity contribution is 7.99. The zero-order valence-electron chi connectivity index (χ0n) is 20.0. The van der Waals surface area contributed by atoms with Crippen molar-refractivity contribution in [3.8, 4) is 0 Å². The molecule has 3 aromatic rings. The van der Waals surface area contributed by atoms with Gasteiger partial charge in [0.05, 0.1) is 29.0 Å². The summed E-state index contributed by atoms with van der Waals surface area (Å²) in [5.41, 5.74) is 11.2. The van der Waals surface area contributed by atoms with Crippen LogP contribution >= 0.6 is 23.4 Å². The van der Waals surface area contributed by atoms with Crippen LogP contribution < -0.4 is 5.73 Å². The Hall–Kier alpha value is -2.55. The fourth-order valence-electron chi connectivity index (χ4n) is 5.91. The second-order valence-electron chi connectivity index (χ2n) is 10.5. The minimum Gasteiger partial charge on any atom is -0.360 e. The Labute approximate surface area is 220 Å². The molecule has 2 aliphatic carbocycles. The van der Waals surface area contributed by atoms with E-state index in [4.69, 9.17) is 27.3 Å². The third-order valence-corrected chi connectivity index (χ3v) is 9.74. The SMILES string of the molecule is N[C@@H]1c2cccnc2CC12CCN(C1=Nc3ncc(Sc4ccnc(CC5CC5)c4Cl)nc3C1)CC2. The minimum absolute atomic E-state index is 0.0683. The molecule has 0 amide bonds. The molecule has 9 heteroatoms. The topological polar surface area (TPSA) is 93.2 Å². The summed E-state index contributed by atoms with van der Waals surface area (Å²) in [6.45, 7) is 1.90. The van der Waals surface area contributed by atoms with E-state index in [1.54, 1.807) is 18.0 Å². The van der Waals surface area contributed by atoms with E-state index in [1.165, 1.54) is 24.1 Å². The molecule has 3 aromatic heterocycles. The van der Waals surface area contributed by atoms with E-state index in [1.807, 2.05) is 24.5 Å². The highest BCUT2D eigenvalue weighted by Gasteiger charge is 2.47. The summed E-state index contributed by atoms with van der Waals surface area (Å²) < 4.78 is 0. The van der Waals surface area contributed by atoms with Gasteiger partial charge in [0.2, 0.25) is 0 Å². The standard InChI is InChI=1S/C27H28ClN7S/c28-24-18(12-16-3-4-16)31-9-5-21(24)36-23-15-32-26-19(33-23)13-22(34-26)35-10-6-27(7-11-35)14-20-17(25(27)29)2-1-8-30-20/h1-2,5,8-9,15-16,25H,3-4,6-7,10-14,29H2/t25-/m1/s1. The lowest BCUT2D eigenvalue weighted by Gasteiger charge is -2.42. The Morgan fingerprint density at radius 3 is 2.75 bits per heavy atom. The molecule has 2 aliphatic heterocycles. The van der Waals surface area contributed by atoms with Gasteiger partial charge in [-0.3, -0.25) is 9.97 Å². The van der Waals surface area contributed by atoms with Gasteiger partial charge in [-0.05, 0) is 67.6 Å². The smallest absolute Gasteiger partial charge is 0.176 e. The molecule has 0 unspecified atom stereocenters. The molecule has 2 N–H and O–H groups in total.